The maximum absolute atomic E-state index is 11.5. The van der Waals surface area contributed by atoms with Gasteiger partial charge in [-0.2, -0.15) is 0 Å². The van der Waals surface area contributed by atoms with Gasteiger partial charge in [-0.15, -0.1) is 0 Å². The van der Waals surface area contributed by atoms with Gasteiger partial charge in [-0.25, -0.2) is 4.79 Å². The van der Waals surface area contributed by atoms with Crippen LogP contribution >= 0.6 is 23.2 Å². The molecule has 0 aromatic heterocycles. The van der Waals surface area contributed by atoms with E-state index in [-0.39, 0.29) is 40.2 Å². The van der Waals surface area contributed by atoms with E-state index in [1.165, 1.54) is 19.2 Å². The standard InChI is InChI=1S/C11H11Cl2NO4/c1-18-3-2-9(15)14-10-7(12)4-6(11(16)17)5-8(10)13/h4-5H,2-3H2,1H3,(H,14,15)(H,16,17). The van der Waals surface area contributed by atoms with Gasteiger partial charge in [-0.1, -0.05) is 23.2 Å². The second-order valence-corrected chi connectivity index (χ2v) is 4.23. The number of benzene rings is 1. The summed E-state index contributed by atoms with van der Waals surface area (Å²) >= 11 is 11.7. The number of nitrogens with one attached hydrogen (secondary N) is 1. The van der Waals surface area contributed by atoms with Crippen molar-refractivity contribution in [3.8, 4) is 0 Å². The summed E-state index contributed by atoms with van der Waals surface area (Å²) in [6.45, 7) is 0.272. The first-order valence-corrected chi connectivity index (χ1v) is 5.72. The molecule has 0 fully saturated rings. The molecule has 0 aliphatic rings. The molecule has 0 saturated heterocycles. The molecule has 0 atom stereocenters. The Balaban J connectivity index is 2.90. The molecule has 2 N–H and O–H groups in total. The summed E-state index contributed by atoms with van der Waals surface area (Å²) in [4.78, 5) is 22.2. The number of aromatic carboxylic acids is 1. The summed E-state index contributed by atoms with van der Waals surface area (Å²) in [6, 6.07) is 2.45. The zero-order valence-electron chi connectivity index (χ0n) is 9.50. The fraction of sp³-hybridized carbons (Fsp3) is 0.273. The Labute approximate surface area is 114 Å². The van der Waals surface area contributed by atoms with Gasteiger partial charge in [0, 0.05) is 7.11 Å². The molecule has 0 saturated carbocycles. The largest absolute Gasteiger partial charge is 0.478 e. The van der Waals surface area contributed by atoms with Gasteiger partial charge in [-0.05, 0) is 12.1 Å². The van der Waals surface area contributed by atoms with E-state index in [4.69, 9.17) is 33.0 Å². The molecule has 0 aliphatic carbocycles. The van der Waals surface area contributed by atoms with E-state index in [1.54, 1.807) is 0 Å². The van der Waals surface area contributed by atoms with Crippen molar-refractivity contribution in [3.05, 3.63) is 27.7 Å². The van der Waals surface area contributed by atoms with Crippen LogP contribution in [0.1, 0.15) is 16.8 Å². The van der Waals surface area contributed by atoms with E-state index >= 15 is 0 Å². The van der Waals surface area contributed by atoms with Crippen molar-refractivity contribution >= 4 is 40.8 Å². The van der Waals surface area contributed by atoms with Crippen molar-refractivity contribution in [2.24, 2.45) is 0 Å². The molecule has 0 radical (unpaired) electrons. The Kier molecular flexibility index (Phi) is 5.40. The molecule has 0 spiro atoms. The summed E-state index contributed by atoms with van der Waals surface area (Å²) in [7, 11) is 1.48. The van der Waals surface area contributed by atoms with Crippen molar-refractivity contribution in [3.63, 3.8) is 0 Å². The highest BCUT2D eigenvalue weighted by molar-refractivity contribution is 6.40. The number of rotatable bonds is 5. The average molecular weight is 292 g/mol. The number of halogens is 2. The summed E-state index contributed by atoms with van der Waals surface area (Å²) < 4.78 is 4.76. The Morgan fingerprint density at radius 1 is 1.33 bits per heavy atom. The normalized spacial score (nSPS) is 10.2. The van der Waals surface area contributed by atoms with Gasteiger partial charge in [-0.3, -0.25) is 4.79 Å². The second kappa shape index (κ2) is 6.58. The molecule has 1 aromatic carbocycles. The minimum atomic E-state index is -1.14. The number of amides is 1. The van der Waals surface area contributed by atoms with Crippen molar-refractivity contribution in [2.45, 2.75) is 6.42 Å². The molecular formula is C11H11Cl2NO4. The van der Waals surface area contributed by atoms with Crippen molar-refractivity contribution < 1.29 is 19.4 Å². The van der Waals surface area contributed by atoms with E-state index in [1.807, 2.05) is 0 Å². The molecule has 0 unspecified atom stereocenters. The van der Waals surface area contributed by atoms with E-state index in [9.17, 15) is 9.59 Å². The third-order valence-corrected chi connectivity index (χ3v) is 2.68. The molecular weight excluding hydrogens is 281 g/mol. The van der Waals surface area contributed by atoms with Crippen LogP contribution in [0.5, 0.6) is 0 Å². The number of hydrogen-bond acceptors (Lipinski definition) is 3. The predicted molar refractivity (Wildman–Crippen MR) is 68.5 cm³/mol. The summed E-state index contributed by atoms with van der Waals surface area (Å²) in [5.74, 6) is -1.46. The molecule has 7 heteroatoms. The number of methoxy groups -OCH3 is 1. The number of ether oxygens (including phenoxy) is 1. The zero-order chi connectivity index (χ0) is 13.7. The number of carboxylic acids is 1. The molecule has 1 rings (SSSR count). The van der Waals surface area contributed by atoms with Gasteiger partial charge in [0.15, 0.2) is 0 Å². The van der Waals surface area contributed by atoms with Crippen LogP contribution in [-0.2, 0) is 9.53 Å². The highest BCUT2D eigenvalue weighted by Gasteiger charge is 2.14. The van der Waals surface area contributed by atoms with E-state index < -0.39 is 5.97 Å². The minimum absolute atomic E-state index is 0.0418. The van der Waals surface area contributed by atoms with Gasteiger partial charge in [0.05, 0.1) is 34.3 Å². The highest BCUT2D eigenvalue weighted by atomic mass is 35.5. The summed E-state index contributed by atoms with van der Waals surface area (Å²) in [5, 5.41) is 11.5. The molecule has 1 amide bonds. The molecule has 5 nitrogen and oxygen atoms in total. The van der Waals surface area contributed by atoms with Crippen LogP contribution in [0, 0.1) is 0 Å². The lowest BCUT2D eigenvalue weighted by Gasteiger charge is -2.10. The topological polar surface area (TPSA) is 75.6 Å². The van der Waals surface area contributed by atoms with Gasteiger partial charge < -0.3 is 15.2 Å². The number of carbonyl (C=O) groups excluding carboxylic acids is 1. The molecule has 0 bridgehead atoms. The van der Waals surface area contributed by atoms with Gasteiger partial charge >= 0.3 is 5.97 Å². The quantitative estimate of drug-likeness (QED) is 0.874. The SMILES string of the molecule is COCCC(=O)Nc1c(Cl)cc(C(=O)O)cc1Cl. The highest BCUT2D eigenvalue weighted by Crippen LogP contribution is 2.32. The summed E-state index contributed by atoms with van der Waals surface area (Å²) in [5.41, 5.74) is 0.157. The Morgan fingerprint density at radius 2 is 1.89 bits per heavy atom. The van der Waals surface area contributed by atoms with Crippen molar-refractivity contribution in [1.82, 2.24) is 0 Å². The van der Waals surface area contributed by atoms with Crippen LogP contribution in [0.4, 0.5) is 5.69 Å². The fourth-order valence-corrected chi connectivity index (χ4v) is 1.79. The molecule has 98 valence electrons. The number of carboxylic acid groups (broad SMARTS) is 1. The van der Waals surface area contributed by atoms with Crippen LogP contribution in [0.25, 0.3) is 0 Å². The fourth-order valence-electron chi connectivity index (χ4n) is 1.21. The van der Waals surface area contributed by atoms with Crippen LogP contribution < -0.4 is 5.32 Å². The minimum Gasteiger partial charge on any atom is -0.478 e. The molecule has 18 heavy (non-hydrogen) atoms. The Bertz CT molecular complexity index is 453. The number of carbonyl (C=O) groups is 2. The summed E-state index contributed by atoms with van der Waals surface area (Å²) in [6.07, 6.45) is 0.157. The molecule has 1 aromatic rings. The van der Waals surface area contributed by atoms with Crippen molar-refractivity contribution in [2.75, 3.05) is 19.0 Å². The lowest BCUT2D eigenvalue weighted by atomic mass is 10.2. The molecule has 0 heterocycles. The number of anilines is 1. The van der Waals surface area contributed by atoms with Crippen molar-refractivity contribution in [1.29, 1.82) is 0 Å². The Morgan fingerprint density at radius 3 is 2.33 bits per heavy atom. The maximum atomic E-state index is 11.5. The first-order chi connectivity index (χ1) is 8.45. The first kappa shape index (κ1) is 14.8. The lowest BCUT2D eigenvalue weighted by molar-refractivity contribution is -0.117. The lowest BCUT2D eigenvalue weighted by Crippen LogP contribution is -2.14. The second-order valence-electron chi connectivity index (χ2n) is 3.41. The third kappa shape index (κ3) is 3.87. The van der Waals surface area contributed by atoms with Crippen LogP contribution in [0.15, 0.2) is 12.1 Å². The first-order valence-electron chi connectivity index (χ1n) is 4.96. The maximum Gasteiger partial charge on any atom is 0.335 e. The van der Waals surface area contributed by atoms with Crippen LogP contribution in [0.3, 0.4) is 0 Å². The number of hydrogen-bond donors (Lipinski definition) is 2. The van der Waals surface area contributed by atoms with E-state index in [2.05, 4.69) is 5.32 Å². The monoisotopic (exact) mass is 291 g/mol. The average Bonchev–Trinajstić information content (AvgIpc) is 2.30. The smallest absolute Gasteiger partial charge is 0.335 e. The van der Waals surface area contributed by atoms with Gasteiger partial charge in [0.2, 0.25) is 5.91 Å². The third-order valence-electron chi connectivity index (χ3n) is 2.09. The van der Waals surface area contributed by atoms with E-state index in [0.717, 1.165) is 0 Å². The zero-order valence-corrected chi connectivity index (χ0v) is 11.0. The van der Waals surface area contributed by atoms with Crippen LogP contribution in [-0.4, -0.2) is 30.7 Å². The molecule has 0 aliphatic heterocycles. The van der Waals surface area contributed by atoms with Crippen LogP contribution in [0.2, 0.25) is 10.0 Å². The van der Waals surface area contributed by atoms with E-state index in [0.29, 0.717) is 0 Å². The van der Waals surface area contributed by atoms with Gasteiger partial charge in [0.1, 0.15) is 0 Å². The van der Waals surface area contributed by atoms with Gasteiger partial charge in [0.25, 0.3) is 0 Å². The Hall–Kier alpha value is -1.30. The predicted octanol–water partition coefficient (Wildman–Crippen LogP) is 2.67.